The Bertz CT molecular complexity index is 1100. The van der Waals surface area contributed by atoms with Gasteiger partial charge in [0.15, 0.2) is 0 Å². The maximum absolute atomic E-state index is 15.2. The summed E-state index contributed by atoms with van der Waals surface area (Å²) in [7, 11) is -4.74. The summed E-state index contributed by atoms with van der Waals surface area (Å²) in [4.78, 5) is 12.1. The number of carbonyl (C=O) groups excluding carboxylic acids is 1. The average Bonchev–Trinajstić information content (AvgIpc) is 3.06. The third-order valence-corrected chi connectivity index (χ3v) is 8.72. The zero-order valence-corrected chi connectivity index (χ0v) is 19.5. The molecule has 0 spiro atoms. The van der Waals surface area contributed by atoms with E-state index < -0.39 is 18.1 Å². The molecule has 0 bridgehead atoms. The topological polar surface area (TPSA) is 64.6 Å². The molecular formula is C20H19BrF2NO4PS. The summed E-state index contributed by atoms with van der Waals surface area (Å²) in [6.45, 7) is 2.58. The van der Waals surface area contributed by atoms with Crippen LogP contribution in [0.25, 0.3) is 10.1 Å². The highest BCUT2D eigenvalue weighted by molar-refractivity contribution is 9.10. The first-order valence-electron chi connectivity index (χ1n) is 9.09. The molecule has 160 valence electrons. The van der Waals surface area contributed by atoms with E-state index in [1.165, 1.54) is 19.9 Å². The molecule has 2 aromatic carbocycles. The molecule has 1 heterocycles. The number of anilines is 1. The van der Waals surface area contributed by atoms with E-state index in [2.05, 4.69) is 21.2 Å². The van der Waals surface area contributed by atoms with Gasteiger partial charge in [0.25, 0.3) is 5.91 Å². The van der Waals surface area contributed by atoms with Crippen LogP contribution in [0.2, 0.25) is 0 Å². The molecular weight excluding hydrogens is 499 g/mol. The lowest BCUT2D eigenvalue weighted by atomic mass is 10.1. The average molecular weight is 518 g/mol. The van der Waals surface area contributed by atoms with Crippen molar-refractivity contribution in [1.29, 1.82) is 0 Å². The summed E-state index contributed by atoms with van der Waals surface area (Å²) >= 11 is 3.97. The number of fused-ring (bicyclic) bond motifs is 1. The molecule has 3 aromatic rings. The van der Waals surface area contributed by atoms with Gasteiger partial charge in [0.1, 0.15) is 4.88 Å². The first-order valence-corrected chi connectivity index (χ1v) is 12.2. The van der Waals surface area contributed by atoms with E-state index in [1.54, 1.807) is 36.4 Å². The predicted octanol–water partition coefficient (Wildman–Crippen LogP) is 7.23. The van der Waals surface area contributed by atoms with E-state index in [0.717, 1.165) is 11.3 Å². The Balaban J connectivity index is 2.00. The number of thiophene rings is 1. The Hall–Kier alpha value is -1.64. The standard InChI is InChI=1S/C20H19BrF2NO4PS/c1-3-27-29(26,28-4-2)20(22,23)18-17(21)15-12-13(10-11-16(15)30-18)19(25)24-14-8-6-5-7-9-14/h5-12H,3-4H2,1-2H3,(H,24,25). The Labute approximate surface area is 185 Å². The van der Waals surface area contributed by atoms with Crippen LogP contribution < -0.4 is 5.32 Å². The molecule has 10 heteroatoms. The fraction of sp³-hybridized carbons (Fsp3) is 0.250. The molecule has 5 nitrogen and oxygen atoms in total. The molecule has 1 aromatic heterocycles. The van der Waals surface area contributed by atoms with Gasteiger partial charge >= 0.3 is 13.3 Å². The van der Waals surface area contributed by atoms with Crippen LogP contribution >= 0.6 is 34.9 Å². The van der Waals surface area contributed by atoms with Crippen molar-refractivity contribution in [2.45, 2.75) is 19.5 Å². The molecule has 0 unspecified atom stereocenters. The molecule has 1 N–H and O–H groups in total. The molecule has 0 aliphatic heterocycles. The fourth-order valence-electron chi connectivity index (χ4n) is 2.79. The second-order valence-corrected chi connectivity index (χ2v) is 10.1. The van der Waals surface area contributed by atoms with Crippen molar-refractivity contribution in [3.63, 3.8) is 0 Å². The third kappa shape index (κ3) is 4.36. The third-order valence-electron chi connectivity index (χ3n) is 4.14. The van der Waals surface area contributed by atoms with Gasteiger partial charge in [-0.05, 0) is 60.1 Å². The van der Waals surface area contributed by atoms with Gasteiger partial charge in [-0.25, -0.2) is 0 Å². The summed E-state index contributed by atoms with van der Waals surface area (Å²) in [5.41, 5.74) is -2.93. The van der Waals surface area contributed by atoms with Crippen molar-refractivity contribution in [2.24, 2.45) is 0 Å². The summed E-state index contributed by atoms with van der Waals surface area (Å²) in [5, 5.41) is 3.17. The van der Waals surface area contributed by atoms with E-state index in [-0.39, 0.29) is 23.6 Å². The largest absolute Gasteiger partial charge is 0.405 e. The van der Waals surface area contributed by atoms with Crippen molar-refractivity contribution in [1.82, 2.24) is 0 Å². The van der Waals surface area contributed by atoms with Crippen molar-refractivity contribution in [3.8, 4) is 0 Å². The van der Waals surface area contributed by atoms with Crippen LogP contribution in [-0.2, 0) is 19.3 Å². The number of amides is 1. The van der Waals surface area contributed by atoms with Gasteiger partial charge in [-0.3, -0.25) is 9.36 Å². The van der Waals surface area contributed by atoms with Gasteiger partial charge in [-0.15, -0.1) is 11.3 Å². The zero-order valence-electron chi connectivity index (χ0n) is 16.2. The molecule has 0 saturated heterocycles. The number of hydrogen-bond acceptors (Lipinski definition) is 5. The number of halogens is 3. The molecule has 0 atom stereocenters. The second-order valence-electron chi connectivity index (χ2n) is 6.15. The van der Waals surface area contributed by atoms with Crippen LogP contribution in [-0.4, -0.2) is 19.1 Å². The van der Waals surface area contributed by atoms with E-state index in [9.17, 15) is 9.36 Å². The number of nitrogens with one attached hydrogen (secondary N) is 1. The molecule has 1 amide bonds. The van der Waals surface area contributed by atoms with Crippen molar-refractivity contribution in [2.75, 3.05) is 18.5 Å². The zero-order chi connectivity index (χ0) is 21.9. The van der Waals surface area contributed by atoms with Crippen LogP contribution in [0.3, 0.4) is 0 Å². The molecule has 0 saturated carbocycles. The summed E-state index contributed by atoms with van der Waals surface area (Å²) < 4.78 is 53.5. The molecule has 0 aliphatic carbocycles. The fourth-order valence-corrected chi connectivity index (χ4v) is 6.76. The van der Waals surface area contributed by atoms with E-state index >= 15 is 8.78 Å². The highest BCUT2D eigenvalue weighted by Crippen LogP contribution is 2.69. The molecule has 0 fully saturated rings. The maximum Gasteiger partial charge on any atom is 0.405 e. The number of rotatable bonds is 8. The Morgan fingerprint density at radius 1 is 1.13 bits per heavy atom. The Morgan fingerprint density at radius 3 is 2.37 bits per heavy atom. The quantitative estimate of drug-likeness (QED) is 0.320. The summed E-state index contributed by atoms with van der Waals surface area (Å²) in [6, 6.07) is 13.5. The van der Waals surface area contributed by atoms with Crippen molar-refractivity contribution in [3.05, 3.63) is 63.4 Å². The van der Waals surface area contributed by atoms with Gasteiger partial charge in [0, 0.05) is 25.8 Å². The van der Waals surface area contributed by atoms with Crippen LogP contribution in [0.5, 0.6) is 0 Å². The smallest absolute Gasteiger partial charge is 0.322 e. The number of para-hydroxylation sites is 1. The number of alkyl halides is 2. The Kier molecular flexibility index (Phi) is 7.09. The minimum absolute atomic E-state index is 0.0569. The Morgan fingerprint density at radius 2 is 1.77 bits per heavy atom. The van der Waals surface area contributed by atoms with E-state index in [4.69, 9.17) is 9.05 Å². The molecule has 3 rings (SSSR count). The van der Waals surface area contributed by atoms with E-state index in [0.29, 0.717) is 21.3 Å². The van der Waals surface area contributed by atoms with Crippen LogP contribution in [0.15, 0.2) is 53.0 Å². The first-order chi connectivity index (χ1) is 14.2. The minimum atomic E-state index is -4.74. The lowest BCUT2D eigenvalue weighted by Crippen LogP contribution is -2.17. The van der Waals surface area contributed by atoms with Gasteiger partial charge in [-0.2, -0.15) is 8.78 Å². The molecule has 0 radical (unpaired) electrons. The normalized spacial score (nSPS) is 12.3. The summed E-state index contributed by atoms with van der Waals surface area (Å²) in [6.07, 6.45) is 0. The van der Waals surface area contributed by atoms with Crippen molar-refractivity contribution < 1.29 is 27.2 Å². The van der Waals surface area contributed by atoms with Crippen LogP contribution in [0, 0.1) is 0 Å². The summed E-state index contributed by atoms with van der Waals surface area (Å²) in [5.74, 6) is -0.371. The SMILES string of the molecule is CCOP(=O)(OCC)C(F)(F)c1sc2ccc(C(=O)Nc3ccccc3)cc2c1Br. The number of carbonyl (C=O) groups is 1. The molecule has 0 aliphatic rings. The molecule has 30 heavy (non-hydrogen) atoms. The predicted molar refractivity (Wildman–Crippen MR) is 119 cm³/mol. The highest BCUT2D eigenvalue weighted by atomic mass is 79.9. The van der Waals surface area contributed by atoms with Crippen molar-refractivity contribution >= 4 is 56.5 Å². The van der Waals surface area contributed by atoms with Crippen LogP contribution in [0.1, 0.15) is 29.1 Å². The maximum atomic E-state index is 15.2. The first kappa shape index (κ1) is 23.0. The van der Waals surface area contributed by atoms with Gasteiger partial charge in [0.05, 0.1) is 13.2 Å². The lowest BCUT2D eigenvalue weighted by Gasteiger charge is -2.25. The number of benzene rings is 2. The van der Waals surface area contributed by atoms with Crippen LogP contribution in [0.4, 0.5) is 14.5 Å². The van der Waals surface area contributed by atoms with Gasteiger partial charge in [-0.1, -0.05) is 18.2 Å². The highest BCUT2D eigenvalue weighted by Gasteiger charge is 2.57. The van der Waals surface area contributed by atoms with Gasteiger partial charge in [0.2, 0.25) is 0 Å². The second kappa shape index (κ2) is 9.24. The lowest BCUT2D eigenvalue weighted by molar-refractivity contribution is 0.0387. The van der Waals surface area contributed by atoms with Gasteiger partial charge < -0.3 is 14.4 Å². The van der Waals surface area contributed by atoms with E-state index in [1.807, 2.05) is 6.07 Å². The monoisotopic (exact) mass is 517 g/mol. The minimum Gasteiger partial charge on any atom is -0.322 e. The number of hydrogen-bond donors (Lipinski definition) is 1.